The highest BCUT2D eigenvalue weighted by molar-refractivity contribution is 14.0. The number of alkyl halides is 2. The highest BCUT2D eigenvalue weighted by atomic mass is 127. The van der Waals surface area contributed by atoms with E-state index in [1.807, 2.05) is 17.0 Å². The maximum Gasteiger partial charge on any atom is 0.387 e. The van der Waals surface area contributed by atoms with Crippen LogP contribution in [-0.2, 0) is 24.4 Å². The van der Waals surface area contributed by atoms with E-state index in [2.05, 4.69) is 32.5 Å². The van der Waals surface area contributed by atoms with Crippen LogP contribution in [0.2, 0.25) is 0 Å². The molecule has 6 nitrogen and oxygen atoms in total. The molecule has 0 aromatic heterocycles. The summed E-state index contributed by atoms with van der Waals surface area (Å²) >= 11 is 0. The number of para-hydroxylation sites is 1. The van der Waals surface area contributed by atoms with E-state index in [0.29, 0.717) is 44.0 Å². The third kappa shape index (κ3) is 7.34. The van der Waals surface area contributed by atoms with Crippen LogP contribution in [0.25, 0.3) is 0 Å². The zero-order chi connectivity index (χ0) is 21.3. The predicted molar refractivity (Wildman–Crippen MR) is 127 cm³/mol. The van der Waals surface area contributed by atoms with Gasteiger partial charge in [0.2, 0.25) is 5.91 Å². The van der Waals surface area contributed by atoms with Crippen LogP contribution in [0.1, 0.15) is 29.5 Å². The smallest absolute Gasteiger partial charge is 0.387 e. The first-order chi connectivity index (χ1) is 14.6. The number of carbonyl (C=O) groups is 1. The second-order valence-electron chi connectivity index (χ2n) is 6.96. The zero-order valence-electron chi connectivity index (χ0n) is 17.3. The predicted octanol–water partition coefficient (Wildman–Crippen LogP) is 3.89. The van der Waals surface area contributed by atoms with E-state index in [1.165, 1.54) is 17.2 Å². The molecule has 1 aliphatic heterocycles. The summed E-state index contributed by atoms with van der Waals surface area (Å²) in [5.41, 5.74) is 3.03. The quantitative estimate of drug-likeness (QED) is 0.229. The second-order valence-corrected chi connectivity index (χ2v) is 6.96. The van der Waals surface area contributed by atoms with Crippen LogP contribution in [0.3, 0.4) is 0 Å². The Labute approximate surface area is 198 Å². The molecule has 9 heteroatoms. The van der Waals surface area contributed by atoms with Gasteiger partial charge in [-0.2, -0.15) is 8.78 Å². The van der Waals surface area contributed by atoms with Gasteiger partial charge in [-0.15, -0.1) is 24.0 Å². The molecule has 0 spiro atoms. The van der Waals surface area contributed by atoms with Crippen molar-refractivity contribution in [3.8, 4) is 5.75 Å². The molecule has 0 saturated heterocycles. The molecule has 0 bridgehead atoms. The summed E-state index contributed by atoms with van der Waals surface area (Å²) in [6.45, 7) is -0.670. The van der Waals surface area contributed by atoms with Gasteiger partial charge in [-0.05, 0) is 23.6 Å². The van der Waals surface area contributed by atoms with Gasteiger partial charge < -0.3 is 20.3 Å². The topological polar surface area (TPSA) is 66.0 Å². The van der Waals surface area contributed by atoms with E-state index >= 15 is 0 Å². The van der Waals surface area contributed by atoms with Crippen LogP contribution in [-0.4, -0.2) is 37.0 Å². The number of carbonyl (C=O) groups excluding carboxylic acids is 1. The lowest BCUT2D eigenvalue weighted by atomic mass is 10.1. The number of amides is 1. The van der Waals surface area contributed by atoms with Crippen molar-refractivity contribution in [1.82, 2.24) is 15.5 Å². The monoisotopic (exact) mass is 544 g/mol. The van der Waals surface area contributed by atoms with E-state index in [-0.39, 0.29) is 42.2 Å². The number of fused-ring (bicyclic) bond motifs is 1. The van der Waals surface area contributed by atoms with Crippen molar-refractivity contribution in [3.63, 3.8) is 0 Å². The molecule has 1 amide bonds. The third-order valence-electron chi connectivity index (χ3n) is 4.91. The van der Waals surface area contributed by atoms with Crippen LogP contribution in [0, 0.1) is 0 Å². The van der Waals surface area contributed by atoms with Gasteiger partial charge in [0.25, 0.3) is 0 Å². The normalized spacial score (nSPS) is 12.9. The first kappa shape index (κ1) is 24.8. The number of halogens is 3. The number of hydrogen-bond acceptors (Lipinski definition) is 3. The zero-order valence-corrected chi connectivity index (χ0v) is 19.6. The van der Waals surface area contributed by atoms with Crippen molar-refractivity contribution in [2.75, 3.05) is 13.6 Å². The second kappa shape index (κ2) is 12.4. The summed E-state index contributed by atoms with van der Waals surface area (Å²) in [5, 5.41) is 6.22. The van der Waals surface area contributed by atoms with E-state index in [9.17, 15) is 13.6 Å². The van der Waals surface area contributed by atoms with Crippen molar-refractivity contribution >= 4 is 35.8 Å². The molecule has 2 aromatic carbocycles. The lowest BCUT2D eigenvalue weighted by Crippen LogP contribution is -2.37. The van der Waals surface area contributed by atoms with Crippen molar-refractivity contribution in [2.45, 2.75) is 39.1 Å². The molecule has 31 heavy (non-hydrogen) atoms. The molecule has 1 heterocycles. The lowest BCUT2D eigenvalue weighted by molar-refractivity contribution is -0.131. The molecule has 168 valence electrons. The standard InChI is InChI=1S/C22H26F2N4O2.HI/c1-25-22(27-13-16-7-4-5-10-19(16)30-21(23)24)26-12-6-11-20(29)28-14-17-8-2-3-9-18(17)15-28;/h2-5,7-10,21H,6,11-15H2,1H3,(H2,25,26,27);1H. The highest BCUT2D eigenvalue weighted by Crippen LogP contribution is 2.23. The molecule has 0 saturated carbocycles. The number of nitrogens with one attached hydrogen (secondary N) is 2. The summed E-state index contributed by atoms with van der Waals surface area (Å²) in [5.74, 6) is 0.796. The van der Waals surface area contributed by atoms with Gasteiger partial charge >= 0.3 is 6.61 Å². The van der Waals surface area contributed by atoms with Crippen LogP contribution in [0.4, 0.5) is 8.78 Å². The molecule has 1 aliphatic rings. The van der Waals surface area contributed by atoms with Gasteiger partial charge in [0.15, 0.2) is 5.96 Å². The SMILES string of the molecule is CN=C(NCCCC(=O)N1Cc2ccccc2C1)NCc1ccccc1OC(F)F.I. The van der Waals surface area contributed by atoms with Gasteiger partial charge in [-0.25, -0.2) is 0 Å². The van der Waals surface area contributed by atoms with E-state index < -0.39 is 6.61 Å². The van der Waals surface area contributed by atoms with Crippen molar-refractivity contribution in [2.24, 2.45) is 4.99 Å². The third-order valence-corrected chi connectivity index (χ3v) is 4.91. The van der Waals surface area contributed by atoms with Crippen LogP contribution >= 0.6 is 24.0 Å². The summed E-state index contributed by atoms with van der Waals surface area (Å²) in [7, 11) is 1.63. The molecule has 0 atom stereocenters. The minimum absolute atomic E-state index is 0. The Kier molecular flexibility index (Phi) is 9.96. The Bertz CT molecular complexity index is 870. The Morgan fingerprint density at radius 3 is 2.39 bits per heavy atom. The van der Waals surface area contributed by atoms with Gasteiger partial charge in [-0.1, -0.05) is 42.5 Å². The molecule has 0 unspecified atom stereocenters. The number of ether oxygens (including phenoxy) is 1. The van der Waals surface area contributed by atoms with Gasteiger partial charge in [0.1, 0.15) is 5.75 Å². The fourth-order valence-electron chi connectivity index (χ4n) is 3.37. The first-order valence-corrected chi connectivity index (χ1v) is 9.88. The molecule has 0 aliphatic carbocycles. The summed E-state index contributed by atoms with van der Waals surface area (Å²) in [6, 6.07) is 14.7. The fraction of sp³-hybridized carbons (Fsp3) is 0.364. The Morgan fingerprint density at radius 1 is 1.10 bits per heavy atom. The molecule has 0 fully saturated rings. The van der Waals surface area contributed by atoms with Gasteiger partial charge in [-0.3, -0.25) is 9.79 Å². The average molecular weight is 544 g/mol. The largest absolute Gasteiger partial charge is 0.434 e. The summed E-state index contributed by atoms with van der Waals surface area (Å²) in [6.07, 6.45) is 1.11. The minimum Gasteiger partial charge on any atom is -0.434 e. The molecular formula is C22H27F2IN4O2. The minimum atomic E-state index is -2.87. The molecule has 0 radical (unpaired) electrons. The van der Waals surface area contributed by atoms with Gasteiger partial charge in [0, 0.05) is 45.2 Å². The van der Waals surface area contributed by atoms with Crippen LogP contribution in [0.5, 0.6) is 5.75 Å². The Hall–Kier alpha value is -2.43. The van der Waals surface area contributed by atoms with Crippen molar-refractivity contribution in [3.05, 3.63) is 65.2 Å². The van der Waals surface area contributed by atoms with Crippen LogP contribution in [0.15, 0.2) is 53.5 Å². The van der Waals surface area contributed by atoms with Crippen molar-refractivity contribution in [1.29, 1.82) is 0 Å². The van der Waals surface area contributed by atoms with E-state index in [0.717, 1.165) is 0 Å². The van der Waals surface area contributed by atoms with E-state index in [4.69, 9.17) is 0 Å². The number of benzene rings is 2. The number of nitrogens with zero attached hydrogens (tertiary/aromatic N) is 2. The highest BCUT2D eigenvalue weighted by Gasteiger charge is 2.22. The molecule has 2 aromatic rings. The molecule has 3 rings (SSSR count). The Balaban J connectivity index is 0.00000341. The average Bonchev–Trinajstić information content (AvgIpc) is 3.18. The molecular weight excluding hydrogens is 517 g/mol. The maximum atomic E-state index is 12.5. The number of aliphatic imine (C=N–C) groups is 1. The number of hydrogen-bond donors (Lipinski definition) is 2. The number of guanidine groups is 1. The van der Waals surface area contributed by atoms with Gasteiger partial charge in [0.05, 0.1) is 0 Å². The first-order valence-electron chi connectivity index (χ1n) is 9.88. The maximum absolute atomic E-state index is 12.5. The fourth-order valence-corrected chi connectivity index (χ4v) is 3.37. The molecule has 2 N–H and O–H groups in total. The summed E-state index contributed by atoms with van der Waals surface area (Å²) < 4.78 is 29.6. The number of rotatable bonds is 8. The summed E-state index contributed by atoms with van der Waals surface area (Å²) in [4.78, 5) is 18.4. The van der Waals surface area contributed by atoms with Crippen molar-refractivity contribution < 1.29 is 18.3 Å². The Morgan fingerprint density at radius 2 is 1.74 bits per heavy atom. The van der Waals surface area contributed by atoms with E-state index in [1.54, 1.807) is 25.2 Å². The lowest BCUT2D eigenvalue weighted by Gasteiger charge is -2.16. The van der Waals surface area contributed by atoms with Crippen LogP contribution < -0.4 is 15.4 Å².